The molecule has 0 N–H and O–H groups in total. The van der Waals surface area contributed by atoms with Crippen LogP contribution >= 0.6 is 0 Å². The molecule has 0 spiro atoms. The van der Waals surface area contributed by atoms with Crippen LogP contribution in [0, 0.1) is 0 Å². The molecule has 0 amide bonds. The molecule has 8 heteroatoms. The fourth-order valence-corrected chi connectivity index (χ4v) is 3.26. The Bertz CT molecular complexity index is 953. The SMILES string of the molecule is CCOC(=O)C1=C(c2ccccc2)ON(c2ccccc2)C1(C(=O)OC)C(=O)OC. The molecule has 1 aliphatic heterocycles. The predicted octanol–water partition coefficient (Wildman–Crippen LogP) is 2.50. The third kappa shape index (κ3) is 3.26. The van der Waals surface area contributed by atoms with Gasteiger partial charge in [0.2, 0.25) is 0 Å². The summed E-state index contributed by atoms with van der Waals surface area (Å²) in [6, 6.07) is 17.0. The van der Waals surface area contributed by atoms with Gasteiger partial charge in [0.25, 0.3) is 0 Å². The first-order valence-electron chi connectivity index (χ1n) is 9.19. The summed E-state index contributed by atoms with van der Waals surface area (Å²) in [4.78, 5) is 45.3. The first-order chi connectivity index (χ1) is 14.5. The van der Waals surface area contributed by atoms with E-state index in [0.717, 1.165) is 19.3 Å². The molecule has 0 aliphatic carbocycles. The van der Waals surface area contributed by atoms with E-state index in [0.29, 0.717) is 11.3 Å². The molecule has 0 bridgehead atoms. The fraction of sp³-hybridized carbons (Fsp3) is 0.227. The number of rotatable bonds is 6. The Labute approximate surface area is 173 Å². The van der Waals surface area contributed by atoms with E-state index in [9.17, 15) is 14.4 Å². The fourth-order valence-electron chi connectivity index (χ4n) is 3.26. The highest BCUT2D eigenvalue weighted by molar-refractivity contribution is 6.22. The van der Waals surface area contributed by atoms with Crippen LogP contribution < -0.4 is 5.06 Å². The lowest BCUT2D eigenvalue weighted by atomic mass is 9.87. The van der Waals surface area contributed by atoms with Gasteiger partial charge in [0.05, 0.1) is 26.5 Å². The van der Waals surface area contributed by atoms with Gasteiger partial charge >= 0.3 is 23.4 Å². The molecule has 1 aliphatic rings. The van der Waals surface area contributed by atoms with E-state index in [2.05, 4.69) is 0 Å². The number of ether oxygens (including phenoxy) is 3. The highest BCUT2D eigenvalue weighted by atomic mass is 16.7. The van der Waals surface area contributed by atoms with Crippen molar-refractivity contribution >= 4 is 29.4 Å². The maximum absolute atomic E-state index is 13.1. The predicted molar refractivity (Wildman–Crippen MR) is 107 cm³/mol. The Balaban J connectivity index is 2.38. The van der Waals surface area contributed by atoms with E-state index in [1.807, 2.05) is 0 Å². The van der Waals surface area contributed by atoms with Crippen LogP contribution in [0.1, 0.15) is 12.5 Å². The number of para-hydroxylation sites is 1. The van der Waals surface area contributed by atoms with E-state index in [1.165, 1.54) is 0 Å². The normalized spacial score (nSPS) is 14.7. The lowest BCUT2D eigenvalue weighted by molar-refractivity contribution is -0.163. The maximum atomic E-state index is 13.1. The van der Waals surface area contributed by atoms with Crippen molar-refractivity contribution in [2.45, 2.75) is 12.5 Å². The van der Waals surface area contributed by atoms with Gasteiger partial charge < -0.3 is 19.0 Å². The van der Waals surface area contributed by atoms with Crippen molar-refractivity contribution in [2.75, 3.05) is 25.9 Å². The summed E-state index contributed by atoms with van der Waals surface area (Å²) < 4.78 is 15.1. The molecular weight excluding hydrogens is 390 g/mol. The summed E-state index contributed by atoms with van der Waals surface area (Å²) >= 11 is 0. The molecule has 0 saturated heterocycles. The summed E-state index contributed by atoms with van der Waals surface area (Å²) in [7, 11) is 2.22. The first-order valence-corrected chi connectivity index (χ1v) is 9.19. The summed E-state index contributed by atoms with van der Waals surface area (Å²) in [5.41, 5.74) is -1.88. The summed E-state index contributed by atoms with van der Waals surface area (Å²) in [5.74, 6) is -3.00. The van der Waals surface area contributed by atoms with Crippen molar-refractivity contribution in [3.05, 3.63) is 71.8 Å². The smallest absolute Gasteiger partial charge is 0.352 e. The molecule has 0 aromatic heterocycles. The largest absolute Gasteiger partial charge is 0.466 e. The van der Waals surface area contributed by atoms with Crippen molar-refractivity contribution < 1.29 is 33.4 Å². The number of carbonyl (C=O) groups is 3. The summed E-state index contributed by atoms with van der Waals surface area (Å²) in [6.07, 6.45) is 0. The average molecular weight is 411 g/mol. The van der Waals surface area contributed by atoms with Gasteiger partial charge in [-0.05, 0) is 19.1 Å². The van der Waals surface area contributed by atoms with Crippen molar-refractivity contribution in [1.82, 2.24) is 0 Å². The van der Waals surface area contributed by atoms with Gasteiger partial charge in [0, 0.05) is 5.56 Å². The molecule has 2 aromatic carbocycles. The van der Waals surface area contributed by atoms with Crippen molar-refractivity contribution in [1.29, 1.82) is 0 Å². The minimum Gasteiger partial charge on any atom is -0.466 e. The third-order valence-electron chi connectivity index (χ3n) is 4.54. The van der Waals surface area contributed by atoms with Gasteiger partial charge in [-0.15, -0.1) is 0 Å². The van der Waals surface area contributed by atoms with Gasteiger partial charge in [-0.3, -0.25) is 0 Å². The second-order valence-corrected chi connectivity index (χ2v) is 6.21. The van der Waals surface area contributed by atoms with Gasteiger partial charge in [0.15, 0.2) is 5.76 Å². The van der Waals surface area contributed by atoms with Crippen molar-refractivity contribution in [2.24, 2.45) is 0 Å². The van der Waals surface area contributed by atoms with Gasteiger partial charge in [0.1, 0.15) is 5.57 Å². The number of carbonyl (C=O) groups excluding carboxylic acids is 3. The van der Waals surface area contributed by atoms with Crippen LogP contribution in [-0.2, 0) is 33.4 Å². The van der Waals surface area contributed by atoms with E-state index in [4.69, 9.17) is 19.0 Å². The zero-order chi connectivity index (χ0) is 21.7. The maximum Gasteiger partial charge on any atom is 0.352 e. The standard InChI is InChI=1S/C22H21NO7/c1-4-29-19(24)17-18(15-11-7-5-8-12-15)30-23(16-13-9-6-10-14-16)22(17,20(25)27-2)21(26)28-3/h5-14H,4H2,1-3H3. The van der Waals surface area contributed by atoms with Crippen LogP contribution in [0.5, 0.6) is 0 Å². The van der Waals surface area contributed by atoms with E-state index in [-0.39, 0.29) is 17.9 Å². The molecule has 2 aromatic rings. The van der Waals surface area contributed by atoms with Crippen LogP contribution in [0.25, 0.3) is 5.76 Å². The summed E-state index contributed by atoms with van der Waals surface area (Å²) in [6.45, 7) is 1.64. The molecule has 0 atom stereocenters. The van der Waals surface area contributed by atoms with E-state index < -0.39 is 23.4 Å². The van der Waals surface area contributed by atoms with Crippen molar-refractivity contribution in [3.63, 3.8) is 0 Å². The molecule has 3 rings (SSSR count). The Morgan fingerprint density at radius 3 is 1.93 bits per heavy atom. The molecule has 156 valence electrons. The van der Waals surface area contributed by atoms with Crippen LogP contribution in [0.4, 0.5) is 5.69 Å². The number of hydrogen-bond acceptors (Lipinski definition) is 8. The van der Waals surface area contributed by atoms with Gasteiger partial charge in [-0.1, -0.05) is 48.5 Å². The molecule has 8 nitrogen and oxygen atoms in total. The molecule has 0 unspecified atom stereocenters. The molecule has 0 saturated carbocycles. The molecule has 30 heavy (non-hydrogen) atoms. The minimum absolute atomic E-state index is 0.00583. The Kier molecular flexibility index (Phi) is 6.06. The first kappa shape index (κ1) is 20.9. The number of benzene rings is 2. The van der Waals surface area contributed by atoms with Gasteiger partial charge in [-0.25, -0.2) is 14.4 Å². The topological polar surface area (TPSA) is 91.4 Å². The lowest BCUT2D eigenvalue weighted by Crippen LogP contribution is -2.61. The van der Waals surface area contributed by atoms with Crippen LogP contribution in [0.3, 0.4) is 0 Å². The molecule has 0 radical (unpaired) electrons. The molecule has 1 heterocycles. The number of nitrogens with zero attached hydrogens (tertiary/aromatic N) is 1. The van der Waals surface area contributed by atoms with Crippen molar-refractivity contribution in [3.8, 4) is 0 Å². The quantitative estimate of drug-likeness (QED) is 0.407. The second kappa shape index (κ2) is 8.69. The number of methoxy groups -OCH3 is 2. The number of hydrogen-bond donors (Lipinski definition) is 0. The Morgan fingerprint density at radius 2 is 1.43 bits per heavy atom. The summed E-state index contributed by atoms with van der Waals surface area (Å²) in [5, 5.41) is 1.03. The molecular formula is C22H21NO7. The zero-order valence-electron chi connectivity index (χ0n) is 16.8. The Hall–Kier alpha value is -3.81. The molecule has 0 fully saturated rings. The van der Waals surface area contributed by atoms with Crippen LogP contribution in [0.15, 0.2) is 66.2 Å². The van der Waals surface area contributed by atoms with E-state index in [1.54, 1.807) is 67.6 Å². The zero-order valence-corrected chi connectivity index (χ0v) is 16.8. The highest BCUT2D eigenvalue weighted by Crippen LogP contribution is 2.45. The number of hydroxylamine groups is 1. The average Bonchev–Trinajstić information content (AvgIpc) is 3.16. The third-order valence-corrected chi connectivity index (χ3v) is 4.54. The monoisotopic (exact) mass is 411 g/mol. The van der Waals surface area contributed by atoms with Crippen LogP contribution in [0.2, 0.25) is 0 Å². The number of esters is 3. The van der Waals surface area contributed by atoms with Crippen LogP contribution in [-0.4, -0.2) is 44.3 Å². The minimum atomic E-state index is -2.36. The van der Waals surface area contributed by atoms with Gasteiger partial charge in [-0.2, -0.15) is 5.06 Å². The number of anilines is 1. The lowest BCUT2D eigenvalue weighted by Gasteiger charge is -2.33. The second-order valence-electron chi connectivity index (χ2n) is 6.21. The highest BCUT2D eigenvalue weighted by Gasteiger charge is 2.66. The van der Waals surface area contributed by atoms with E-state index >= 15 is 0 Å². The Morgan fingerprint density at radius 1 is 0.900 bits per heavy atom.